The lowest BCUT2D eigenvalue weighted by Crippen LogP contribution is -2.26. The fourth-order valence-electron chi connectivity index (χ4n) is 1.77. The molecular formula is C14H18N4O3S. The van der Waals surface area contributed by atoms with Gasteiger partial charge in [-0.3, -0.25) is 4.79 Å². The lowest BCUT2D eigenvalue weighted by molar-refractivity contribution is -0.126. The Morgan fingerprint density at radius 1 is 1.45 bits per heavy atom. The van der Waals surface area contributed by atoms with E-state index in [-0.39, 0.29) is 5.91 Å². The van der Waals surface area contributed by atoms with Crippen molar-refractivity contribution in [2.45, 2.75) is 40.7 Å². The predicted octanol–water partition coefficient (Wildman–Crippen LogP) is 2.82. The van der Waals surface area contributed by atoms with Gasteiger partial charge in [0.25, 0.3) is 5.91 Å². The molecule has 8 heteroatoms. The van der Waals surface area contributed by atoms with Crippen LogP contribution in [0.3, 0.4) is 0 Å². The Balaban J connectivity index is 1.96. The van der Waals surface area contributed by atoms with Crippen molar-refractivity contribution in [3.8, 4) is 0 Å². The molecule has 2 aromatic rings. The first-order chi connectivity index (χ1) is 10.4. The number of nitrogens with one attached hydrogen (secondary N) is 1. The SMILES string of the molecule is C/C(=N\OC(C)C(=O)Nc1cc(C)on1)c1sc(C)nc1C. The summed E-state index contributed by atoms with van der Waals surface area (Å²) in [5, 5.41) is 11.3. The van der Waals surface area contributed by atoms with Crippen LogP contribution in [0.2, 0.25) is 0 Å². The highest BCUT2D eigenvalue weighted by atomic mass is 32.1. The smallest absolute Gasteiger partial charge is 0.269 e. The summed E-state index contributed by atoms with van der Waals surface area (Å²) in [5.74, 6) is 0.628. The number of oxime groups is 1. The molecule has 0 bridgehead atoms. The zero-order valence-corrected chi connectivity index (χ0v) is 13.9. The molecule has 0 aliphatic carbocycles. The van der Waals surface area contributed by atoms with Crippen molar-refractivity contribution < 1.29 is 14.2 Å². The normalized spacial score (nSPS) is 13.0. The molecule has 0 saturated heterocycles. The number of aromatic nitrogens is 2. The monoisotopic (exact) mass is 322 g/mol. The first-order valence-electron chi connectivity index (χ1n) is 6.76. The molecule has 1 amide bonds. The van der Waals surface area contributed by atoms with E-state index in [0.717, 1.165) is 15.6 Å². The molecule has 0 radical (unpaired) electrons. The summed E-state index contributed by atoms with van der Waals surface area (Å²) in [6, 6.07) is 1.63. The maximum absolute atomic E-state index is 11.9. The van der Waals surface area contributed by atoms with Gasteiger partial charge in [-0.25, -0.2) is 4.98 Å². The maximum Gasteiger partial charge on any atom is 0.269 e. The molecular weight excluding hydrogens is 304 g/mol. The summed E-state index contributed by atoms with van der Waals surface area (Å²) >= 11 is 1.54. The fourth-order valence-corrected chi connectivity index (χ4v) is 2.62. The lowest BCUT2D eigenvalue weighted by atomic mass is 10.3. The van der Waals surface area contributed by atoms with E-state index in [4.69, 9.17) is 9.36 Å². The Morgan fingerprint density at radius 2 is 2.18 bits per heavy atom. The molecule has 1 N–H and O–H groups in total. The van der Waals surface area contributed by atoms with E-state index >= 15 is 0 Å². The van der Waals surface area contributed by atoms with Gasteiger partial charge in [-0.15, -0.1) is 11.3 Å². The third-order valence-electron chi connectivity index (χ3n) is 2.83. The zero-order chi connectivity index (χ0) is 16.3. The van der Waals surface area contributed by atoms with E-state index in [0.29, 0.717) is 17.3 Å². The summed E-state index contributed by atoms with van der Waals surface area (Å²) in [5.41, 5.74) is 1.60. The second-order valence-corrected chi connectivity index (χ2v) is 6.09. The highest BCUT2D eigenvalue weighted by molar-refractivity contribution is 7.13. The molecule has 2 rings (SSSR count). The summed E-state index contributed by atoms with van der Waals surface area (Å²) in [7, 11) is 0. The number of hydrogen-bond acceptors (Lipinski definition) is 7. The largest absolute Gasteiger partial charge is 0.382 e. The van der Waals surface area contributed by atoms with Gasteiger partial charge in [0.1, 0.15) is 5.76 Å². The van der Waals surface area contributed by atoms with Gasteiger partial charge < -0.3 is 14.7 Å². The number of carbonyl (C=O) groups excluding carboxylic acids is 1. The fraction of sp³-hybridized carbons (Fsp3) is 0.429. The van der Waals surface area contributed by atoms with Crippen LogP contribution >= 0.6 is 11.3 Å². The second kappa shape index (κ2) is 6.69. The third-order valence-corrected chi connectivity index (χ3v) is 4.01. The van der Waals surface area contributed by atoms with Crippen LogP contribution in [0, 0.1) is 20.8 Å². The van der Waals surface area contributed by atoms with Crippen molar-refractivity contribution in [3.05, 3.63) is 27.4 Å². The molecule has 1 atom stereocenters. The van der Waals surface area contributed by atoms with Gasteiger partial charge in [0.15, 0.2) is 5.82 Å². The number of hydrogen-bond donors (Lipinski definition) is 1. The van der Waals surface area contributed by atoms with Gasteiger partial charge in [0, 0.05) is 6.07 Å². The summed E-state index contributed by atoms with van der Waals surface area (Å²) in [4.78, 5) is 22.5. The van der Waals surface area contributed by atoms with E-state index in [1.807, 2.05) is 20.8 Å². The molecule has 0 aliphatic heterocycles. The average Bonchev–Trinajstić information content (AvgIpc) is 3.01. The van der Waals surface area contributed by atoms with Gasteiger partial charge in [-0.05, 0) is 34.6 Å². The Hall–Kier alpha value is -2.22. The van der Waals surface area contributed by atoms with Crippen molar-refractivity contribution in [2.24, 2.45) is 5.16 Å². The van der Waals surface area contributed by atoms with E-state index in [1.165, 1.54) is 0 Å². The minimum Gasteiger partial charge on any atom is -0.382 e. The van der Waals surface area contributed by atoms with E-state index in [1.54, 1.807) is 31.3 Å². The van der Waals surface area contributed by atoms with E-state index < -0.39 is 6.10 Å². The molecule has 0 saturated carbocycles. The lowest BCUT2D eigenvalue weighted by Gasteiger charge is -2.09. The molecule has 1 unspecified atom stereocenters. The minimum atomic E-state index is -0.749. The Labute approximate surface area is 132 Å². The Bertz CT molecular complexity index is 705. The quantitative estimate of drug-likeness (QED) is 0.675. The second-order valence-electron chi connectivity index (χ2n) is 4.88. The number of amides is 1. The number of anilines is 1. The van der Waals surface area contributed by atoms with Gasteiger partial charge in [-0.2, -0.15) is 0 Å². The third kappa shape index (κ3) is 3.91. The van der Waals surface area contributed by atoms with Crippen LogP contribution in [0.5, 0.6) is 0 Å². The molecule has 0 fully saturated rings. The minimum absolute atomic E-state index is 0.345. The van der Waals surface area contributed by atoms with Crippen LogP contribution in [-0.4, -0.2) is 27.9 Å². The maximum atomic E-state index is 11.9. The Morgan fingerprint density at radius 3 is 2.73 bits per heavy atom. The first-order valence-corrected chi connectivity index (χ1v) is 7.57. The van der Waals surface area contributed by atoms with Crippen molar-refractivity contribution in [3.63, 3.8) is 0 Å². The molecule has 0 spiro atoms. The van der Waals surface area contributed by atoms with Crippen LogP contribution in [0.4, 0.5) is 5.82 Å². The van der Waals surface area contributed by atoms with Crippen molar-refractivity contribution in [1.82, 2.24) is 10.1 Å². The highest BCUT2D eigenvalue weighted by Gasteiger charge is 2.17. The number of thiazole rings is 1. The van der Waals surface area contributed by atoms with Gasteiger partial charge in [-0.1, -0.05) is 10.3 Å². The molecule has 2 heterocycles. The highest BCUT2D eigenvalue weighted by Crippen LogP contribution is 2.18. The van der Waals surface area contributed by atoms with Crippen LogP contribution in [0.1, 0.15) is 35.2 Å². The number of aryl methyl sites for hydroxylation is 3. The molecule has 22 heavy (non-hydrogen) atoms. The predicted molar refractivity (Wildman–Crippen MR) is 84.2 cm³/mol. The molecule has 118 valence electrons. The standard InChI is InChI=1S/C14H18N4O3S/c1-7-6-12(18-20-7)16-14(19)10(4)21-17-9(3)13-8(2)15-11(5)22-13/h6,10H,1-5H3,(H,16,18,19)/b17-9+. The van der Waals surface area contributed by atoms with Gasteiger partial charge in [0.2, 0.25) is 6.10 Å². The molecule has 0 aromatic carbocycles. The van der Waals surface area contributed by atoms with Crippen molar-refractivity contribution in [2.75, 3.05) is 5.32 Å². The van der Waals surface area contributed by atoms with Gasteiger partial charge >= 0.3 is 0 Å². The number of carbonyl (C=O) groups is 1. The average molecular weight is 322 g/mol. The van der Waals surface area contributed by atoms with E-state index in [9.17, 15) is 4.79 Å². The number of rotatable bonds is 5. The van der Waals surface area contributed by atoms with Crippen LogP contribution in [-0.2, 0) is 9.63 Å². The van der Waals surface area contributed by atoms with Crippen molar-refractivity contribution >= 4 is 28.8 Å². The van der Waals surface area contributed by atoms with Crippen LogP contribution in [0.25, 0.3) is 0 Å². The van der Waals surface area contributed by atoms with Gasteiger partial charge in [0.05, 0.1) is 21.3 Å². The first kappa shape index (κ1) is 16.2. The zero-order valence-electron chi connectivity index (χ0n) is 13.1. The van der Waals surface area contributed by atoms with E-state index in [2.05, 4.69) is 20.6 Å². The molecule has 0 aliphatic rings. The summed E-state index contributed by atoms with van der Waals surface area (Å²) < 4.78 is 4.88. The molecule has 7 nitrogen and oxygen atoms in total. The molecule has 2 aromatic heterocycles. The number of nitrogens with zero attached hydrogens (tertiary/aromatic N) is 3. The van der Waals surface area contributed by atoms with Crippen LogP contribution < -0.4 is 5.32 Å². The summed E-state index contributed by atoms with van der Waals surface area (Å²) in [6.45, 7) is 9.04. The Kier molecular flexibility index (Phi) is 4.92. The van der Waals surface area contributed by atoms with Crippen LogP contribution in [0.15, 0.2) is 15.7 Å². The van der Waals surface area contributed by atoms with Crippen molar-refractivity contribution in [1.29, 1.82) is 0 Å². The summed E-state index contributed by atoms with van der Waals surface area (Å²) in [6.07, 6.45) is -0.749. The topological polar surface area (TPSA) is 89.6 Å².